The maximum atomic E-state index is 12.9. The van der Waals surface area contributed by atoms with Crippen molar-refractivity contribution >= 4 is 18.0 Å². The van der Waals surface area contributed by atoms with Crippen LogP contribution in [0, 0.1) is 11.8 Å². The summed E-state index contributed by atoms with van der Waals surface area (Å²) in [6.45, 7) is 7.67. The fraction of sp³-hybridized carbons (Fsp3) is 0.444. The molecule has 0 saturated carbocycles. The predicted molar refractivity (Wildman–Crippen MR) is 130 cm³/mol. The third kappa shape index (κ3) is 5.76. The van der Waals surface area contributed by atoms with E-state index in [-0.39, 0.29) is 24.4 Å². The summed E-state index contributed by atoms with van der Waals surface area (Å²) in [5.41, 5.74) is 4.47. The standard InChI is InChI=1S/C27H34N2O5/c1-5-17(4)24(25(30)28-23(26(31)32)14-16(2)3)29-27(33)34-15-22-20-12-8-6-10-18(20)19-11-7-9-13-21(19)22/h6-13,16-17,22-24H,5,14-15H2,1-4H3,(H,28,30)(H,29,33)(H,31,32)/t17?,23-,24?/m1/s1. The van der Waals surface area contributed by atoms with Crippen LogP contribution in [0.2, 0.25) is 0 Å². The summed E-state index contributed by atoms with van der Waals surface area (Å²) in [6.07, 6.45) is 0.237. The van der Waals surface area contributed by atoms with E-state index in [1.165, 1.54) is 0 Å². The van der Waals surface area contributed by atoms with Crippen LogP contribution in [0.4, 0.5) is 4.79 Å². The number of hydrogen-bond acceptors (Lipinski definition) is 4. The van der Waals surface area contributed by atoms with Crippen molar-refractivity contribution in [2.45, 2.75) is 58.5 Å². The molecule has 2 aromatic rings. The Balaban J connectivity index is 1.68. The molecule has 0 bridgehead atoms. The maximum Gasteiger partial charge on any atom is 0.407 e. The predicted octanol–water partition coefficient (Wildman–Crippen LogP) is 4.56. The molecule has 1 aliphatic rings. The van der Waals surface area contributed by atoms with Gasteiger partial charge in [-0.05, 0) is 40.5 Å². The number of carbonyl (C=O) groups excluding carboxylic acids is 2. The summed E-state index contributed by atoms with van der Waals surface area (Å²) in [4.78, 5) is 37.2. The van der Waals surface area contributed by atoms with Crippen LogP contribution in [0.25, 0.3) is 11.1 Å². The molecule has 0 spiro atoms. The minimum Gasteiger partial charge on any atom is -0.480 e. The van der Waals surface area contributed by atoms with Gasteiger partial charge in [-0.2, -0.15) is 0 Å². The van der Waals surface area contributed by atoms with Crippen molar-refractivity contribution in [3.63, 3.8) is 0 Å². The van der Waals surface area contributed by atoms with Gasteiger partial charge in [-0.15, -0.1) is 0 Å². The van der Waals surface area contributed by atoms with Gasteiger partial charge in [-0.3, -0.25) is 4.79 Å². The first-order valence-corrected chi connectivity index (χ1v) is 11.9. The highest BCUT2D eigenvalue weighted by molar-refractivity contribution is 5.89. The molecule has 34 heavy (non-hydrogen) atoms. The van der Waals surface area contributed by atoms with Crippen molar-refractivity contribution in [1.29, 1.82) is 0 Å². The van der Waals surface area contributed by atoms with Gasteiger partial charge in [-0.1, -0.05) is 82.6 Å². The molecule has 0 fully saturated rings. The minimum absolute atomic E-state index is 0.0866. The molecule has 7 heteroatoms. The number of hydrogen-bond donors (Lipinski definition) is 3. The molecule has 0 saturated heterocycles. The van der Waals surface area contributed by atoms with Crippen LogP contribution in [-0.4, -0.2) is 41.8 Å². The molecule has 1 aliphatic carbocycles. The molecule has 0 aromatic heterocycles. The number of nitrogens with one attached hydrogen (secondary N) is 2. The van der Waals surface area contributed by atoms with E-state index >= 15 is 0 Å². The Kier molecular flexibility index (Phi) is 8.31. The highest BCUT2D eigenvalue weighted by atomic mass is 16.5. The fourth-order valence-electron chi connectivity index (χ4n) is 4.42. The molecule has 2 aromatic carbocycles. The normalized spacial score (nSPS) is 15.1. The summed E-state index contributed by atoms with van der Waals surface area (Å²) >= 11 is 0. The Bertz CT molecular complexity index is 990. The zero-order chi connectivity index (χ0) is 24.8. The molecule has 2 unspecified atom stereocenters. The smallest absolute Gasteiger partial charge is 0.407 e. The lowest BCUT2D eigenvalue weighted by Crippen LogP contribution is -2.54. The van der Waals surface area contributed by atoms with E-state index in [1.54, 1.807) is 0 Å². The third-order valence-electron chi connectivity index (χ3n) is 6.43. The average molecular weight is 467 g/mol. The van der Waals surface area contributed by atoms with Crippen molar-refractivity contribution < 1.29 is 24.2 Å². The summed E-state index contributed by atoms with van der Waals surface area (Å²) < 4.78 is 5.59. The number of carboxylic acids is 1. The van der Waals surface area contributed by atoms with E-state index in [2.05, 4.69) is 22.8 Å². The Morgan fingerprint density at radius 2 is 1.50 bits per heavy atom. The zero-order valence-corrected chi connectivity index (χ0v) is 20.2. The number of ether oxygens (including phenoxy) is 1. The molecule has 0 radical (unpaired) electrons. The van der Waals surface area contributed by atoms with Crippen LogP contribution >= 0.6 is 0 Å². The second-order valence-electron chi connectivity index (χ2n) is 9.36. The van der Waals surface area contributed by atoms with Crippen molar-refractivity contribution in [1.82, 2.24) is 10.6 Å². The summed E-state index contributed by atoms with van der Waals surface area (Å²) in [5.74, 6) is -1.80. The SMILES string of the molecule is CCC(C)C(NC(=O)OCC1c2ccccc2-c2ccccc21)C(=O)N[C@H](CC(C)C)C(=O)O. The van der Waals surface area contributed by atoms with Crippen molar-refractivity contribution in [2.24, 2.45) is 11.8 Å². The molecule has 7 nitrogen and oxygen atoms in total. The Labute approximate surface area is 200 Å². The fourth-order valence-corrected chi connectivity index (χ4v) is 4.42. The zero-order valence-electron chi connectivity index (χ0n) is 20.2. The second kappa shape index (κ2) is 11.2. The van der Waals surface area contributed by atoms with E-state index in [4.69, 9.17) is 4.74 Å². The highest BCUT2D eigenvalue weighted by Crippen LogP contribution is 2.44. The number of rotatable bonds is 10. The first kappa shape index (κ1) is 25.3. The van der Waals surface area contributed by atoms with Gasteiger partial charge < -0.3 is 20.5 Å². The number of amides is 2. The van der Waals surface area contributed by atoms with Crippen LogP contribution in [0.5, 0.6) is 0 Å². The molecule has 182 valence electrons. The average Bonchev–Trinajstić information content (AvgIpc) is 3.13. The molecule has 0 aliphatic heterocycles. The van der Waals surface area contributed by atoms with Crippen molar-refractivity contribution in [3.8, 4) is 11.1 Å². The van der Waals surface area contributed by atoms with E-state index < -0.39 is 30.1 Å². The molecular formula is C27H34N2O5. The third-order valence-corrected chi connectivity index (χ3v) is 6.43. The van der Waals surface area contributed by atoms with Crippen molar-refractivity contribution in [3.05, 3.63) is 59.7 Å². The largest absolute Gasteiger partial charge is 0.480 e. The lowest BCUT2D eigenvalue weighted by Gasteiger charge is -2.26. The summed E-state index contributed by atoms with van der Waals surface area (Å²) in [7, 11) is 0. The summed E-state index contributed by atoms with van der Waals surface area (Å²) in [6, 6.07) is 14.2. The molecule has 0 heterocycles. The van der Waals surface area contributed by atoms with E-state index in [0.717, 1.165) is 22.3 Å². The first-order valence-electron chi connectivity index (χ1n) is 11.9. The molecule has 2 amide bonds. The number of alkyl carbamates (subject to hydrolysis) is 1. The van der Waals surface area contributed by atoms with Gasteiger partial charge >= 0.3 is 12.1 Å². The van der Waals surface area contributed by atoms with Crippen LogP contribution in [0.3, 0.4) is 0 Å². The van der Waals surface area contributed by atoms with Crippen LogP contribution < -0.4 is 10.6 Å². The van der Waals surface area contributed by atoms with Crippen LogP contribution in [0.15, 0.2) is 48.5 Å². The van der Waals surface area contributed by atoms with E-state index in [9.17, 15) is 19.5 Å². The Hall–Kier alpha value is -3.35. The molecule has 3 rings (SSSR count). The Morgan fingerprint density at radius 1 is 0.941 bits per heavy atom. The van der Waals surface area contributed by atoms with Crippen LogP contribution in [0.1, 0.15) is 57.6 Å². The second-order valence-corrected chi connectivity index (χ2v) is 9.36. The topological polar surface area (TPSA) is 105 Å². The first-order chi connectivity index (χ1) is 16.2. The number of fused-ring (bicyclic) bond motifs is 3. The molecule has 3 atom stereocenters. The molecular weight excluding hydrogens is 432 g/mol. The Morgan fingerprint density at radius 3 is 2.00 bits per heavy atom. The lowest BCUT2D eigenvalue weighted by atomic mass is 9.97. The highest BCUT2D eigenvalue weighted by Gasteiger charge is 2.32. The number of carbonyl (C=O) groups is 3. The van der Waals surface area contributed by atoms with Crippen molar-refractivity contribution in [2.75, 3.05) is 6.61 Å². The maximum absolute atomic E-state index is 12.9. The quantitative estimate of drug-likeness (QED) is 0.476. The van der Waals surface area contributed by atoms with Crippen LogP contribution in [-0.2, 0) is 14.3 Å². The number of aliphatic carboxylic acids is 1. The number of benzene rings is 2. The van der Waals surface area contributed by atoms with E-state index in [1.807, 2.05) is 64.1 Å². The monoisotopic (exact) mass is 466 g/mol. The summed E-state index contributed by atoms with van der Waals surface area (Å²) in [5, 5.41) is 14.7. The van der Waals surface area contributed by atoms with Gasteiger partial charge in [0.1, 0.15) is 18.7 Å². The van der Waals surface area contributed by atoms with E-state index in [0.29, 0.717) is 12.8 Å². The number of carboxylic acid groups (broad SMARTS) is 1. The van der Waals surface area contributed by atoms with Gasteiger partial charge in [0.15, 0.2) is 0 Å². The van der Waals surface area contributed by atoms with Gasteiger partial charge in [0.25, 0.3) is 0 Å². The molecule has 3 N–H and O–H groups in total. The van der Waals surface area contributed by atoms with Gasteiger partial charge in [0.05, 0.1) is 0 Å². The van der Waals surface area contributed by atoms with Gasteiger partial charge in [0.2, 0.25) is 5.91 Å². The van der Waals surface area contributed by atoms with Gasteiger partial charge in [0, 0.05) is 5.92 Å². The van der Waals surface area contributed by atoms with Gasteiger partial charge in [-0.25, -0.2) is 9.59 Å². The lowest BCUT2D eigenvalue weighted by molar-refractivity contribution is -0.142. The minimum atomic E-state index is -1.09.